The fourth-order valence-corrected chi connectivity index (χ4v) is 5.07. The summed E-state index contributed by atoms with van der Waals surface area (Å²) in [6, 6.07) is 6.99. The van der Waals surface area contributed by atoms with E-state index in [0.29, 0.717) is 50.4 Å². The number of hydrogen-bond acceptors (Lipinski definition) is 5. The topological polar surface area (TPSA) is 125 Å². The van der Waals surface area contributed by atoms with E-state index >= 15 is 0 Å². The van der Waals surface area contributed by atoms with Crippen LogP contribution in [0.5, 0.6) is 0 Å². The lowest BCUT2D eigenvalue weighted by molar-refractivity contribution is -0.144. The highest BCUT2D eigenvalue weighted by Crippen LogP contribution is 2.21. The van der Waals surface area contributed by atoms with Crippen molar-refractivity contribution in [1.82, 2.24) is 20.9 Å². The van der Waals surface area contributed by atoms with Gasteiger partial charge in [-0.3, -0.25) is 24.0 Å². The third kappa shape index (κ3) is 7.87. The van der Waals surface area contributed by atoms with Gasteiger partial charge < -0.3 is 20.9 Å². The molecule has 3 N–H and O–H groups in total. The normalized spacial score (nSPS) is 24.3. The zero-order valence-corrected chi connectivity index (χ0v) is 23.1. The maximum Gasteiger partial charge on any atom is 0.246 e. The number of nitrogens with zero attached hydrogens (tertiary/aromatic N) is 1. The molecule has 1 aromatic carbocycles. The molecule has 0 aliphatic carbocycles. The summed E-state index contributed by atoms with van der Waals surface area (Å²) in [5.41, 5.74) is -0.422. The minimum absolute atomic E-state index is 0.126. The average Bonchev–Trinajstić information content (AvgIpc) is 3.36. The molecule has 37 heavy (non-hydrogen) atoms. The first-order valence-electron chi connectivity index (χ1n) is 13.0. The van der Waals surface area contributed by atoms with Crippen molar-refractivity contribution < 1.29 is 24.0 Å². The summed E-state index contributed by atoms with van der Waals surface area (Å²) in [5.74, 6) is -1.44. The Labute approximate surface area is 226 Å². The number of rotatable bonds is 9. The van der Waals surface area contributed by atoms with Crippen LogP contribution in [-0.2, 0) is 30.4 Å². The van der Waals surface area contributed by atoms with Gasteiger partial charge in [0.15, 0.2) is 0 Å². The maximum atomic E-state index is 13.6. The molecule has 4 amide bonds. The van der Waals surface area contributed by atoms with Crippen molar-refractivity contribution in [2.75, 3.05) is 11.9 Å². The van der Waals surface area contributed by atoms with Crippen molar-refractivity contribution in [3.63, 3.8) is 0 Å². The van der Waals surface area contributed by atoms with Gasteiger partial charge in [0.2, 0.25) is 23.6 Å². The Kier molecular flexibility index (Phi) is 10.3. The molecule has 2 saturated heterocycles. The van der Waals surface area contributed by atoms with Crippen molar-refractivity contribution in [2.24, 2.45) is 0 Å². The highest BCUT2D eigenvalue weighted by molar-refractivity contribution is 9.09. The number of carbonyl (C=O) groups excluding carboxylic acids is 5. The second-order valence-corrected chi connectivity index (χ2v) is 10.9. The van der Waals surface area contributed by atoms with Gasteiger partial charge in [0.25, 0.3) is 0 Å². The average molecular weight is 578 g/mol. The van der Waals surface area contributed by atoms with Crippen molar-refractivity contribution in [3.05, 3.63) is 35.9 Å². The van der Waals surface area contributed by atoms with Crippen LogP contribution in [0.1, 0.15) is 64.4 Å². The van der Waals surface area contributed by atoms with Crippen LogP contribution < -0.4 is 16.0 Å². The molecule has 2 heterocycles. The Morgan fingerprint density at radius 2 is 1.73 bits per heavy atom. The second kappa shape index (κ2) is 13.2. The minimum Gasteiger partial charge on any atom is -0.343 e. The quantitative estimate of drug-likeness (QED) is 0.306. The molecular formula is C27H37BrN4O5. The van der Waals surface area contributed by atoms with Crippen molar-refractivity contribution >= 4 is 45.3 Å². The molecule has 1 aromatic rings. The van der Waals surface area contributed by atoms with Gasteiger partial charge in [-0.25, -0.2) is 0 Å². The largest absolute Gasteiger partial charge is 0.343 e. The summed E-state index contributed by atoms with van der Waals surface area (Å²) in [6.45, 7) is 3.58. The van der Waals surface area contributed by atoms with Crippen LogP contribution in [0.4, 0.5) is 0 Å². The number of halogens is 1. The zero-order chi connectivity index (χ0) is 27.0. The summed E-state index contributed by atoms with van der Waals surface area (Å²) in [4.78, 5) is 66.5. The molecule has 9 nitrogen and oxygen atoms in total. The smallest absolute Gasteiger partial charge is 0.246 e. The molecule has 202 valence electrons. The number of ketones is 1. The third-order valence-electron chi connectivity index (χ3n) is 6.96. The summed E-state index contributed by atoms with van der Waals surface area (Å²) >= 11 is 3.15. The van der Waals surface area contributed by atoms with Gasteiger partial charge in [-0.05, 0) is 45.1 Å². The molecule has 3 atom stereocenters. The summed E-state index contributed by atoms with van der Waals surface area (Å²) in [6.07, 6.45) is 4.34. The Bertz CT molecular complexity index is 1000. The molecule has 0 bridgehead atoms. The fourth-order valence-electron chi connectivity index (χ4n) is 4.79. The van der Waals surface area contributed by atoms with E-state index in [1.807, 2.05) is 30.3 Å². The number of amides is 4. The van der Waals surface area contributed by atoms with Crippen LogP contribution in [0.3, 0.4) is 0 Å². The zero-order valence-electron chi connectivity index (χ0n) is 21.6. The van der Waals surface area contributed by atoms with E-state index in [9.17, 15) is 24.0 Å². The lowest BCUT2D eigenvalue weighted by Crippen LogP contribution is -2.64. The molecule has 2 fully saturated rings. The molecule has 0 spiro atoms. The number of carbonyl (C=O) groups is 5. The van der Waals surface area contributed by atoms with Crippen LogP contribution in [0.25, 0.3) is 0 Å². The number of fused-ring (bicyclic) bond motifs is 1. The molecule has 1 unspecified atom stereocenters. The summed E-state index contributed by atoms with van der Waals surface area (Å²) in [7, 11) is 0. The number of benzene rings is 1. The van der Waals surface area contributed by atoms with E-state index in [1.54, 1.807) is 18.7 Å². The highest BCUT2D eigenvalue weighted by Gasteiger charge is 2.42. The van der Waals surface area contributed by atoms with Gasteiger partial charge in [0, 0.05) is 19.4 Å². The lowest BCUT2D eigenvalue weighted by atomic mass is 9.98. The van der Waals surface area contributed by atoms with Crippen molar-refractivity contribution in [3.8, 4) is 0 Å². The maximum absolute atomic E-state index is 13.6. The summed E-state index contributed by atoms with van der Waals surface area (Å²) < 4.78 is 0. The molecule has 3 rings (SSSR count). The van der Waals surface area contributed by atoms with Crippen LogP contribution in [0.2, 0.25) is 0 Å². The number of nitrogens with one attached hydrogen (secondary N) is 3. The van der Waals surface area contributed by atoms with Gasteiger partial charge >= 0.3 is 0 Å². The lowest BCUT2D eigenvalue weighted by Gasteiger charge is -2.34. The number of alkyl halides is 1. The fraction of sp³-hybridized carbons (Fsp3) is 0.593. The Balaban J connectivity index is 1.80. The van der Waals surface area contributed by atoms with E-state index in [-0.39, 0.29) is 24.0 Å². The first-order chi connectivity index (χ1) is 17.6. The standard InChI is InChI=1S/C27H37BrN4O5/c1-27(2)26(37)30-21(16-18-10-5-3-6-11-18)25(36)32-15-9-14-22(32)24(35)29-20(23(34)31-27)13-8-4-7-12-19(33)17-28/h3,5-6,10-11,20-22H,4,7-9,12-17H2,1-2H3,(H,29,35)(H,30,37)(H,31,34)/t20-,21-,22?/m0/s1. The van der Waals surface area contributed by atoms with Crippen LogP contribution in [0, 0.1) is 0 Å². The third-order valence-corrected chi connectivity index (χ3v) is 7.58. The van der Waals surface area contributed by atoms with Crippen molar-refractivity contribution in [1.29, 1.82) is 0 Å². The highest BCUT2D eigenvalue weighted by atomic mass is 79.9. The minimum atomic E-state index is -1.30. The first kappa shape index (κ1) is 28.8. The monoisotopic (exact) mass is 576 g/mol. The molecule has 0 aromatic heterocycles. The molecule has 2 aliphatic heterocycles. The summed E-state index contributed by atoms with van der Waals surface area (Å²) in [5, 5.41) is 8.80. The van der Waals surface area contributed by atoms with Gasteiger partial charge in [-0.15, -0.1) is 0 Å². The van der Waals surface area contributed by atoms with E-state index < -0.39 is 35.5 Å². The van der Waals surface area contributed by atoms with Gasteiger partial charge in [0.05, 0.1) is 5.33 Å². The molecule has 10 heteroatoms. The van der Waals surface area contributed by atoms with Crippen LogP contribution in [0.15, 0.2) is 30.3 Å². The SMILES string of the molecule is CC1(C)NC(=O)[C@H](CCCCCC(=O)CBr)NC(=O)C2CCCN2C(=O)[C@H](Cc2ccccc2)NC1=O. The molecule has 2 aliphatic rings. The van der Waals surface area contributed by atoms with E-state index in [0.717, 1.165) is 12.0 Å². The predicted octanol–water partition coefficient (Wildman–Crippen LogP) is 2.01. The predicted molar refractivity (Wildman–Crippen MR) is 143 cm³/mol. The number of hydrogen-bond donors (Lipinski definition) is 3. The number of Topliss-reactive ketones (excluding diaryl/α,β-unsaturated/α-hetero) is 1. The van der Waals surface area contributed by atoms with Gasteiger partial charge in [-0.2, -0.15) is 0 Å². The first-order valence-corrected chi connectivity index (χ1v) is 14.1. The molecule has 0 saturated carbocycles. The van der Waals surface area contributed by atoms with Gasteiger partial charge in [-0.1, -0.05) is 59.1 Å². The molecular weight excluding hydrogens is 540 g/mol. The van der Waals surface area contributed by atoms with E-state index in [4.69, 9.17) is 0 Å². The number of unbranched alkanes of at least 4 members (excludes halogenated alkanes) is 2. The van der Waals surface area contributed by atoms with Gasteiger partial charge in [0.1, 0.15) is 29.4 Å². The Morgan fingerprint density at radius 1 is 1.00 bits per heavy atom. The van der Waals surface area contributed by atoms with Crippen molar-refractivity contribution in [2.45, 2.75) is 88.9 Å². The van der Waals surface area contributed by atoms with E-state index in [2.05, 4.69) is 31.9 Å². The van der Waals surface area contributed by atoms with Crippen LogP contribution >= 0.6 is 15.9 Å². The van der Waals surface area contributed by atoms with Crippen LogP contribution in [-0.4, -0.2) is 69.9 Å². The second-order valence-electron chi connectivity index (χ2n) is 10.4. The van der Waals surface area contributed by atoms with E-state index in [1.165, 1.54) is 0 Å². The molecule has 0 radical (unpaired) electrons. The Morgan fingerprint density at radius 3 is 2.43 bits per heavy atom. The Hall–Kier alpha value is -2.75.